The third kappa shape index (κ3) is 5.80. The molecule has 0 aliphatic carbocycles. The van der Waals surface area contributed by atoms with Gasteiger partial charge in [-0.15, -0.1) is 0 Å². The van der Waals surface area contributed by atoms with Crippen LogP contribution < -0.4 is 0 Å². The van der Waals surface area contributed by atoms with Gasteiger partial charge in [0.05, 0.1) is 24.7 Å². The third-order valence-electron chi connectivity index (χ3n) is 10.3. The van der Waals surface area contributed by atoms with Crippen LogP contribution in [0.25, 0.3) is 93.9 Å². The summed E-state index contributed by atoms with van der Waals surface area (Å²) in [6, 6.07) is 42.0. The van der Waals surface area contributed by atoms with Crippen molar-refractivity contribution in [1.82, 2.24) is 9.55 Å². The Hall–Kier alpha value is -7.03. The molecule has 2 nitrogen and oxygen atoms in total. The normalized spacial score (nSPS) is 14.0. The van der Waals surface area contributed by atoms with Crippen molar-refractivity contribution in [2.75, 3.05) is 0 Å². The van der Waals surface area contributed by atoms with E-state index in [9.17, 15) is 0 Å². The van der Waals surface area contributed by atoms with Gasteiger partial charge in [0.15, 0.2) is 0 Å². The smallest absolute Gasteiger partial charge is 0.114 e. The van der Waals surface area contributed by atoms with Crippen LogP contribution in [-0.4, -0.2) is 9.55 Å². The first-order valence-corrected chi connectivity index (χ1v) is 18.3. The summed E-state index contributed by atoms with van der Waals surface area (Å²) in [5.41, 5.74) is 9.54. The number of aromatic nitrogens is 2. The zero-order chi connectivity index (χ0) is 45.4. The van der Waals surface area contributed by atoms with Crippen molar-refractivity contribution in [3.8, 4) is 61.3 Å². The van der Waals surface area contributed by atoms with Gasteiger partial charge >= 0.3 is 0 Å². The van der Waals surface area contributed by atoms with E-state index < -0.39 is 36.3 Å². The number of nitrogens with zero attached hydrogens (tertiary/aromatic N) is 2. The van der Waals surface area contributed by atoms with Crippen molar-refractivity contribution < 1.29 is 13.7 Å². The predicted molar refractivity (Wildman–Crippen MR) is 233 cm³/mol. The van der Waals surface area contributed by atoms with Crippen molar-refractivity contribution in [3.05, 3.63) is 206 Å². The highest BCUT2D eigenvalue weighted by atomic mass is 15.1. The maximum absolute atomic E-state index is 8.85. The molecule has 0 atom stereocenters. The number of hydrogen-bond donors (Lipinski definition) is 0. The van der Waals surface area contributed by atoms with Crippen molar-refractivity contribution in [1.29, 1.82) is 0 Å². The summed E-state index contributed by atoms with van der Waals surface area (Å²) in [4.78, 5) is 4.85. The number of imidazole rings is 1. The Balaban J connectivity index is 1.16. The highest BCUT2D eigenvalue weighted by Crippen LogP contribution is 2.45. The molecule has 0 fully saturated rings. The molecule has 0 radical (unpaired) electrons. The van der Waals surface area contributed by atoms with Gasteiger partial charge in [-0.25, -0.2) is 4.98 Å². The van der Waals surface area contributed by atoms with Gasteiger partial charge in [-0.2, -0.15) is 0 Å². The highest BCUT2D eigenvalue weighted by Gasteiger charge is 2.18. The van der Waals surface area contributed by atoms with Crippen LogP contribution in [0.3, 0.4) is 0 Å². The summed E-state index contributed by atoms with van der Waals surface area (Å²) in [7, 11) is 0. The first kappa shape index (κ1) is 23.6. The third-order valence-corrected chi connectivity index (χ3v) is 10.3. The van der Waals surface area contributed by atoms with E-state index in [1.54, 1.807) is 18.2 Å². The second kappa shape index (κ2) is 13.7. The predicted octanol–water partition coefficient (Wildman–Crippen LogP) is 14.2. The number of benzene rings is 9. The minimum atomic E-state index is -0.472. The molecule has 0 aliphatic heterocycles. The Morgan fingerprint density at radius 1 is 0.436 bits per heavy atom. The molecule has 0 unspecified atom stereocenters. The van der Waals surface area contributed by atoms with E-state index in [0.717, 1.165) is 78.3 Å². The number of fused-ring (bicyclic) bond motifs is 3. The lowest BCUT2D eigenvalue weighted by atomic mass is 9.84. The Morgan fingerprint density at radius 2 is 0.964 bits per heavy atom. The molecular formula is C53H38N2. The van der Waals surface area contributed by atoms with Crippen LogP contribution in [0.5, 0.6) is 0 Å². The second-order valence-electron chi connectivity index (χ2n) is 13.5. The Bertz CT molecular complexity index is 3520. The standard InChI is InChI=1S/C53H38N2/c1-2-51-54-49-22-11-12-23-50(49)55(51)44-31-28-39(29-32-44)38-24-26-40(27-25-38)52-45-20-9-10-21-46(45)53(43-19-13-18-41(34-43)36-14-5-3-6-15-36)48-35-42(30-33-47(48)52)37-16-7-4-8-17-37/h3-35H,2H2,1H3/i3D,4D,5D,6D,7D,8D,14D,15D,16D,17D. The summed E-state index contributed by atoms with van der Waals surface area (Å²) in [6.45, 7) is 2.11. The Labute approximate surface area is 335 Å². The summed E-state index contributed by atoms with van der Waals surface area (Å²) >= 11 is 0. The van der Waals surface area contributed by atoms with E-state index in [-0.39, 0.29) is 35.3 Å². The van der Waals surface area contributed by atoms with E-state index in [2.05, 4.69) is 72.2 Å². The lowest BCUT2D eigenvalue weighted by molar-refractivity contribution is 0.908. The van der Waals surface area contributed by atoms with Gasteiger partial charge in [0, 0.05) is 12.1 Å². The molecule has 55 heavy (non-hydrogen) atoms. The van der Waals surface area contributed by atoms with Crippen molar-refractivity contribution >= 4 is 32.6 Å². The van der Waals surface area contributed by atoms with Crippen LogP contribution in [0.15, 0.2) is 200 Å². The van der Waals surface area contributed by atoms with Gasteiger partial charge in [0.2, 0.25) is 0 Å². The molecular weight excluding hydrogens is 665 g/mol. The highest BCUT2D eigenvalue weighted by molar-refractivity contribution is 6.22. The molecule has 10 rings (SSSR count). The van der Waals surface area contributed by atoms with Gasteiger partial charge in [0.25, 0.3) is 0 Å². The zero-order valence-electron chi connectivity index (χ0n) is 39.9. The van der Waals surface area contributed by atoms with Crippen LogP contribution in [0.2, 0.25) is 0 Å². The van der Waals surface area contributed by atoms with Crippen molar-refractivity contribution in [2.45, 2.75) is 13.3 Å². The van der Waals surface area contributed by atoms with Gasteiger partial charge < -0.3 is 0 Å². The minimum Gasteiger partial charge on any atom is -0.296 e. The second-order valence-corrected chi connectivity index (χ2v) is 13.5. The van der Waals surface area contributed by atoms with Gasteiger partial charge in [-0.1, -0.05) is 170 Å². The number of hydrogen-bond acceptors (Lipinski definition) is 1. The Morgan fingerprint density at radius 3 is 1.64 bits per heavy atom. The lowest BCUT2D eigenvalue weighted by Gasteiger charge is -2.19. The van der Waals surface area contributed by atoms with E-state index in [4.69, 9.17) is 18.7 Å². The van der Waals surface area contributed by atoms with Crippen LogP contribution in [-0.2, 0) is 6.42 Å². The average Bonchev–Trinajstić information content (AvgIpc) is 3.72. The molecule has 10 aromatic rings. The molecule has 0 spiro atoms. The molecule has 9 aromatic carbocycles. The van der Waals surface area contributed by atoms with Crippen molar-refractivity contribution in [3.63, 3.8) is 0 Å². The van der Waals surface area contributed by atoms with Crippen LogP contribution in [0.4, 0.5) is 0 Å². The first-order valence-electron chi connectivity index (χ1n) is 23.3. The number of aryl methyl sites for hydroxylation is 1. The van der Waals surface area contributed by atoms with Gasteiger partial charge in [-0.3, -0.25) is 4.57 Å². The molecule has 0 saturated carbocycles. The van der Waals surface area contributed by atoms with Gasteiger partial charge in [0.1, 0.15) is 5.82 Å². The molecule has 2 heteroatoms. The molecule has 0 saturated heterocycles. The lowest BCUT2D eigenvalue weighted by Crippen LogP contribution is -1.99. The minimum absolute atomic E-state index is 0.0777. The fourth-order valence-corrected chi connectivity index (χ4v) is 7.81. The maximum Gasteiger partial charge on any atom is 0.114 e. The van der Waals surface area contributed by atoms with Crippen LogP contribution >= 0.6 is 0 Å². The topological polar surface area (TPSA) is 17.8 Å². The first-order chi connectivity index (χ1) is 31.4. The number of para-hydroxylation sites is 2. The van der Waals surface area contributed by atoms with Crippen LogP contribution in [0, 0.1) is 0 Å². The largest absolute Gasteiger partial charge is 0.296 e. The SMILES string of the molecule is [2H]c1c([2H])c([2H])c(-c2cccc(-c3c4ccccc4c(-c4ccc(-c5ccc(-n6c(CC)nc7ccccc76)cc5)cc4)c4ccc(-c5c([2H])c([2H])c([2H])c([2H])c5[2H])cc34)c2)c([2H])c1[2H]. The van der Waals surface area contributed by atoms with Crippen LogP contribution in [0.1, 0.15) is 26.5 Å². The Kier molecular flexibility index (Phi) is 5.90. The summed E-state index contributed by atoms with van der Waals surface area (Å²) in [6.07, 6.45) is 0.798. The van der Waals surface area contributed by atoms with E-state index in [1.807, 2.05) is 60.7 Å². The monoisotopic (exact) mass is 712 g/mol. The molecule has 1 heterocycles. The summed E-state index contributed by atoms with van der Waals surface area (Å²) < 4.78 is 87.4. The quantitative estimate of drug-likeness (QED) is 0.150. The van der Waals surface area contributed by atoms with E-state index in [1.165, 1.54) is 0 Å². The average molecular weight is 713 g/mol. The van der Waals surface area contributed by atoms with E-state index >= 15 is 0 Å². The molecule has 0 N–H and O–H groups in total. The van der Waals surface area contributed by atoms with Crippen molar-refractivity contribution in [2.24, 2.45) is 0 Å². The molecule has 0 bridgehead atoms. The fraction of sp³-hybridized carbons (Fsp3) is 0.0377. The van der Waals surface area contributed by atoms with Gasteiger partial charge in [-0.05, 0) is 114 Å². The summed E-state index contributed by atoms with van der Waals surface area (Å²) in [5, 5.41) is 3.39. The molecule has 0 amide bonds. The maximum atomic E-state index is 8.85. The number of rotatable bonds is 7. The molecule has 0 aliphatic rings. The molecule has 1 aromatic heterocycles. The zero-order valence-corrected chi connectivity index (χ0v) is 29.9. The van der Waals surface area contributed by atoms with E-state index in [0.29, 0.717) is 16.7 Å². The summed E-state index contributed by atoms with van der Waals surface area (Å²) in [5.74, 6) is 0.996. The fourth-order valence-electron chi connectivity index (χ4n) is 7.81. The molecule has 260 valence electrons.